The minimum Gasteiger partial charge on any atom is -0.462 e. The van der Waals surface area contributed by atoms with Crippen molar-refractivity contribution >= 4 is 28.9 Å². The van der Waals surface area contributed by atoms with Gasteiger partial charge in [0.05, 0.1) is 35.4 Å². The molecule has 1 amide bonds. The third-order valence-electron chi connectivity index (χ3n) is 3.82. The van der Waals surface area contributed by atoms with Crippen molar-refractivity contribution in [2.75, 3.05) is 17.2 Å². The van der Waals surface area contributed by atoms with E-state index in [1.54, 1.807) is 43.3 Å². The van der Waals surface area contributed by atoms with E-state index in [2.05, 4.69) is 15.6 Å². The Hall–Kier alpha value is -3.74. The largest absolute Gasteiger partial charge is 0.462 e. The number of carbonyl (C=O) groups excluding carboxylic acids is 2. The lowest BCUT2D eigenvalue weighted by Gasteiger charge is -2.11. The monoisotopic (exact) mass is 379 g/mol. The fourth-order valence-corrected chi connectivity index (χ4v) is 2.49. The van der Waals surface area contributed by atoms with Gasteiger partial charge in [0.1, 0.15) is 11.5 Å². The average Bonchev–Trinajstić information content (AvgIpc) is 2.71. The van der Waals surface area contributed by atoms with E-state index in [1.165, 1.54) is 30.5 Å². The van der Waals surface area contributed by atoms with Gasteiger partial charge in [0.25, 0.3) is 5.91 Å². The third kappa shape index (κ3) is 4.50. The molecule has 3 aromatic rings. The van der Waals surface area contributed by atoms with Crippen LogP contribution in [0.3, 0.4) is 0 Å². The predicted octanol–water partition coefficient (Wildman–Crippen LogP) is 4.39. The molecular weight excluding hydrogens is 361 g/mol. The van der Waals surface area contributed by atoms with Crippen molar-refractivity contribution in [1.29, 1.82) is 0 Å². The summed E-state index contributed by atoms with van der Waals surface area (Å²) in [5.41, 5.74) is 1.75. The van der Waals surface area contributed by atoms with Crippen molar-refractivity contribution in [1.82, 2.24) is 4.98 Å². The zero-order valence-electron chi connectivity index (χ0n) is 15.1. The topological polar surface area (TPSA) is 80.3 Å². The predicted molar refractivity (Wildman–Crippen MR) is 104 cm³/mol. The van der Waals surface area contributed by atoms with Crippen molar-refractivity contribution in [3.8, 4) is 0 Å². The summed E-state index contributed by atoms with van der Waals surface area (Å²) in [6.45, 7) is 2.02. The number of hydrogen-bond donors (Lipinski definition) is 2. The van der Waals surface area contributed by atoms with Gasteiger partial charge in [0, 0.05) is 0 Å². The second kappa shape index (κ2) is 8.77. The standard InChI is InChI=1S/C21H18FN3O3/c1-2-28-21(27)15-7-3-5-9-17(15)24-14-11-12-19(23-13-14)20(26)25-18-10-6-4-8-16(18)22/h3-13,24H,2H2,1H3,(H,25,26). The lowest BCUT2D eigenvalue weighted by molar-refractivity contribution is 0.0527. The second-order valence-corrected chi connectivity index (χ2v) is 5.76. The Morgan fingerprint density at radius 1 is 1.00 bits per heavy atom. The molecule has 0 fully saturated rings. The van der Waals surface area contributed by atoms with Gasteiger partial charge in [0.2, 0.25) is 0 Å². The average molecular weight is 379 g/mol. The number of pyridine rings is 1. The molecule has 2 N–H and O–H groups in total. The van der Waals surface area contributed by atoms with E-state index in [-0.39, 0.29) is 18.0 Å². The van der Waals surface area contributed by atoms with Crippen LogP contribution in [0.2, 0.25) is 0 Å². The summed E-state index contributed by atoms with van der Waals surface area (Å²) in [5.74, 6) is -1.48. The second-order valence-electron chi connectivity index (χ2n) is 5.76. The molecule has 0 spiro atoms. The maximum Gasteiger partial charge on any atom is 0.340 e. The Labute approximate surface area is 161 Å². The molecular formula is C21H18FN3O3. The molecule has 6 nitrogen and oxygen atoms in total. The number of ether oxygens (including phenoxy) is 1. The Balaban J connectivity index is 1.73. The van der Waals surface area contributed by atoms with E-state index < -0.39 is 17.7 Å². The highest BCUT2D eigenvalue weighted by Crippen LogP contribution is 2.21. The first-order valence-electron chi connectivity index (χ1n) is 8.63. The Bertz CT molecular complexity index is 990. The molecule has 0 radical (unpaired) electrons. The summed E-state index contributed by atoms with van der Waals surface area (Å²) < 4.78 is 18.7. The summed E-state index contributed by atoms with van der Waals surface area (Å²) in [4.78, 5) is 28.4. The van der Waals surface area contributed by atoms with Crippen LogP contribution in [0.4, 0.5) is 21.5 Å². The molecule has 0 unspecified atom stereocenters. The number of benzene rings is 2. The van der Waals surface area contributed by atoms with Crippen molar-refractivity contribution in [2.24, 2.45) is 0 Å². The third-order valence-corrected chi connectivity index (χ3v) is 3.82. The van der Waals surface area contributed by atoms with Gasteiger partial charge >= 0.3 is 5.97 Å². The number of nitrogens with zero attached hydrogens (tertiary/aromatic N) is 1. The molecule has 0 saturated heterocycles. The van der Waals surface area contributed by atoms with E-state index in [1.807, 2.05) is 0 Å². The number of halogens is 1. The molecule has 142 valence electrons. The highest BCUT2D eigenvalue weighted by molar-refractivity contribution is 6.03. The van der Waals surface area contributed by atoms with E-state index >= 15 is 0 Å². The van der Waals surface area contributed by atoms with Crippen LogP contribution in [0.15, 0.2) is 66.9 Å². The molecule has 0 bridgehead atoms. The van der Waals surface area contributed by atoms with E-state index in [0.29, 0.717) is 16.9 Å². The molecule has 0 atom stereocenters. The van der Waals surface area contributed by atoms with Gasteiger partial charge in [-0.3, -0.25) is 4.79 Å². The van der Waals surface area contributed by atoms with Gasteiger partial charge in [-0.05, 0) is 43.3 Å². The van der Waals surface area contributed by atoms with Gasteiger partial charge in [-0.1, -0.05) is 24.3 Å². The molecule has 3 rings (SSSR count). The van der Waals surface area contributed by atoms with Gasteiger partial charge in [0.15, 0.2) is 0 Å². The number of anilines is 3. The van der Waals surface area contributed by atoms with Gasteiger partial charge in [-0.15, -0.1) is 0 Å². The number of carbonyl (C=O) groups is 2. The van der Waals surface area contributed by atoms with Crippen LogP contribution in [-0.4, -0.2) is 23.5 Å². The summed E-state index contributed by atoms with van der Waals surface area (Å²) in [6, 6.07) is 16.0. The van der Waals surface area contributed by atoms with Gasteiger partial charge in [-0.25, -0.2) is 14.2 Å². The van der Waals surface area contributed by atoms with Crippen LogP contribution in [-0.2, 0) is 4.74 Å². The van der Waals surface area contributed by atoms with Gasteiger partial charge < -0.3 is 15.4 Å². The lowest BCUT2D eigenvalue weighted by Crippen LogP contribution is -2.14. The first-order chi connectivity index (χ1) is 13.6. The Morgan fingerprint density at radius 3 is 2.39 bits per heavy atom. The van der Waals surface area contributed by atoms with E-state index in [4.69, 9.17) is 4.74 Å². The van der Waals surface area contributed by atoms with Crippen LogP contribution < -0.4 is 10.6 Å². The lowest BCUT2D eigenvalue weighted by atomic mass is 10.1. The summed E-state index contributed by atoms with van der Waals surface area (Å²) >= 11 is 0. The normalized spacial score (nSPS) is 10.2. The molecule has 7 heteroatoms. The number of hydrogen-bond acceptors (Lipinski definition) is 5. The van der Waals surface area contributed by atoms with Crippen LogP contribution in [0.1, 0.15) is 27.8 Å². The minimum absolute atomic E-state index is 0.0832. The first kappa shape index (κ1) is 19.0. The summed E-state index contributed by atoms with van der Waals surface area (Å²) in [6.07, 6.45) is 1.46. The minimum atomic E-state index is -0.524. The number of rotatable bonds is 6. The fraction of sp³-hybridized carbons (Fsp3) is 0.0952. The van der Waals surface area contributed by atoms with Crippen LogP contribution in [0.25, 0.3) is 0 Å². The Kier molecular flexibility index (Phi) is 5.96. The smallest absolute Gasteiger partial charge is 0.340 e. The molecule has 28 heavy (non-hydrogen) atoms. The maximum absolute atomic E-state index is 13.6. The Morgan fingerprint density at radius 2 is 1.71 bits per heavy atom. The molecule has 1 aromatic heterocycles. The summed E-state index contributed by atoms with van der Waals surface area (Å²) in [5, 5.41) is 5.56. The maximum atomic E-state index is 13.6. The van der Waals surface area contributed by atoms with E-state index in [9.17, 15) is 14.0 Å². The van der Waals surface area contributed by atoms with E-state index in [0.717, 1.165) is 0 Å². The zero-order chi connectivity index (χ0) is 19.9. The van der Waals surface area contributed by atoms with Crippen molar-refractivity contribution in [2.45, 2.75) is 6.92 Å². The van der Waals surface area contributed by atoms with Crippen LogP contribution in [0, 0.1) is 5.82 Å². The fourth-order valence-electron chi connectivity index (χ4n) is 2.49. The molecule has 1 heterocycles. The number of amides is 1. The number of aromatic nitrogens is 1. The molecule has 0 aliphatic rings. The number of esters is 1. The summed E-state index contributed by atoms with van der Waals surface area (Å²) in [7, 11) is 0. The number of para-hydroxylation sites is 2. The van der Waals surface area contributed by atoms with Crippen molar-refractivity contribution in [3.05, 3.63) is 83.9 Å². The molecule has 0 aliphatic carbocycles. The quantitative estimate of drug-likeness (QED) is 0.621. The van der Waals surface area contributed by atoms with Gasteiger partial charge in [-0.2, -0.15) is 0 Å². The highest BCUT2D eigenvalue weighted by atomic mass is 19.1. The molecule has 0 saturated carbocycles. The zero-order valence-corrected chi connectivity index (χ0v) is 15.1. The van der Waals surface area contributed by atoms with Crippen molar-refractivity contribution in [3.63, 3.8) is 0 Å². The van der Waals surface area contributed by atoms with Crippen LogP contribution in [0.5, 0.6) is 0 Å². The first-order valence-corrected chi connectivity index (χ1v) is 8.63. The van der Waals surface area contributed by atoms with Crippen LogP contribution >= 0.6 is 0 Å². The SMILES string of the molecule is CCOC(=O)c1ccccc1Nc1ccc(C(=O)Nc2ccccc2F)nc1. The van der Waals surface area contributed by atoms with Crippen molar-refractivity contribution < 1.29 is 18.7 Å². The molecule has 0 aliphatic heterocycles. The number of nitrogens with one attached hydrogen (secondary N) is 2. The molecule has 2 aromatic carbocycles. The highest BCUT2D eigenvalue weighted by Gasteiger charge is 2.13.